The smallest absolute Gasteiger partial charge is 0.244 e. The van der Waals surface area contributed by atoms with Gasteiger partial charge in [0.2, 0.25) is 5.91 Å². The van der Waals surface area contributed by atoms with Crippen LogP contribution in [0.25, 0.3) is 6.08 Å². The van der Waals surface area contributed by atoms with Crippen LogP contribution in [-0.4, -0.2) is 45.2 Å². The lowest BCUT2D eigenvalue weighted by atomic mass is 10.1. The van der Waals surface area contributed by atoms with E-state index in [0.29, 0.717) is 29.7 Å². The summed E-state index contributed by atoms with van der Waals surface area (Å²) in [6, 6.07) is 13.7. The van der Waals surface area contributed by atoms with Gasteiger partial charge in [-0.15, -0.1) is 0 Å². The van der Waals surface area contributed by atoms with Crippen LogP contribution in [-0.2, 0) is 4.79 Å². The van der Waals surface area contributed by atoms with E-state index in [1.807, 2.05) is 39.2 Å². The van der Waals surface area contributed by atoms with Crippen molar-refractivity contribution in [2.24, 2.45) is 0 Å². The molecule has 0 radical (unpaired) electrons. The monoisotopic (exact) mass is 402 g/mol. The fourth-order valence-electron chi connectivity index (χ4n) is 2.82. The van der Waals surface area contributed by atoms with E-state index in [-0.39, 0.29) is 11.9 Å². The summed E-state index contributed by atoms with van der Waals surface area (Å²) in [5.41, 5.74) is 1.91. The van der Waals surface area contributed by atoms with Crippen LogP contribution >= 0.6 is 11.6 Å². The minimum absolute atomic E-state index is 0.0959. The van der Waals surface area contributed by atoms with E-state index in [1.54, 1.807) is 25.3 Å². The maximum absolute atomic E-state index is 12.3. The van der Waals surface area contributed by atoms with Crippen LogP contribution in [0.4, 0.5) is 0 Å². The van der Waals surface area contributed by atoms with Crippen molar-refractivity contribution in [3.05, 3.63) is 64.7 Å². The van der Waals surface area contributed by atoms with Crippen LogP contribution in [0.3, 0.4) is 0 Å². The van der Waals surface area contributed by atoms with Crippen LogP contribution < -0.4 is 14.8 Å². The van der Waals surface area contributed by atoms with Crippen molar-refractivity contribution >= 4 is 23.6 Å². The number of ether oxygens (including phenoxy) is 2. The molecular weight excluding hydrogens is 376 g/mol. The van der Waals surface area contributed by atoms with Gasteiger partial charge in [0.15, 0.2) is 11.5 Å². The molecule has 1 N–H and O–H groups in total. The molecule has 6 heteroatoms. The molecule has 2 aromatic rings. The van der Waals surface area contributed by atoms with Gasteiger partial charge in [0.25, 0.3) is 0 Å². The van der Waals surface area contributed by atoms with Crippen LogP contribution in [0.1, 0.15) is 24.1 Å². The Morgan fingerprint density at radius 3 is 2.57 bits per heavy atom. The van der Waals surface area contributed by atoms with E-state index in [0.717, 1.165) is 11.1 Å². The summed E-state index contributed by atoms with van der Waals surface area (Å²) in [5.74, 6) is 0.864. The Kier molecular flexibility index (Phi) is 8.36. The van der Waals surface area contributed by atoms with E-state index in [2.05, 4.69) is 22.3 Å². The van der Waals surface area contributed by atoms with E-state index in [1.165, 1.54) is 6.08 Å². The van der Waals surface area contributed by atoms with Crippen molar-refractivity contribution in [2.45, 2.75) is 13.0 Å². The summed E-state index contributed by atoms with van der Waals surface area (Å²) >= 11 is 6.27. The maximum Gasteiger partial charge on any atom is 0.244 e. The van der Waals surface area contributed by atoms with Crippen LogP contribution in [0, 0.1) is 0 Å². The van der Waals surface area contributed by atoms with E-state index >= 15 is 0 Å². The summed E-state index contributed by atoms with van der Waals surface area (Å²) in [5, 5.41) is 3.39. The lowest BCUT2D eigenvalue weighted by Gasteiger charge is -2.24. The SMILES string of the molecule is CCOc1c(Cl)cc(/C=C/C(=O)NCC(c2ccccc2)N(C)C)cc1OC. The molecule has 0 aliphatic carbocycles. The highest BCUT2D eigenvalue weighted by atomic mass is 35.5. The van der Waals surface area contributed by atoms with Gasteiger partial charge >= 0.3 is 0 Å². The number of hydrogen-bond acceptors (Lipinski definition) is 4. The summed E-state index contributed by atoms with van der Waals surface area (Å²) in [6.45, 7) is 2.88. The average Bonchev–Trinajstić information content (AvgIpc) is 2.68. The largest absolute Gasteiger partial charge is 0.493 e. The molecule has 0 aliphatic heterocycles. The number of methoxy groups -OCH3 is 1. The molecule has 1 amide bonds. The molecule has 28 heavy (non-hydrogen) atoms. The Labute approximate surface area is 171 Å². The molecule has 0 fully saturated rings. The molecule has 0 saturated heterocycles. The number of rotatable bonds is 9. The normalized spacial score (nSPS) is 12.2. The van der Waals surface area contributed by atoms with Crippen molar-refractivity contribution in [1.29, 1.82) is 0 Å². The standard InChI is InChI=1S/C22H27ClN2O3/c1-5-28-22-18(23)13-16(14-20(22)27-4)11-12-21(26)24-15-19(25(2)3)17-9-7-6-8-10-17/h6-14,19H,5,15H2,1-4H3,(H,24,26)/b12-11+. The first-order valence-corrected chi connectivity index (χ1v) is 9.51. The molecule has 1 unspecified atom stereocenters. The molecule has 0 bridgehead atoms. The maximum atomic E-state index is 12.3. The van der Waals surface area contributed by atoms with Crippen molar-refractivity contribution in [2.75, 3.05) is 34.4 Å². The van der Waals surface area contributed by atoms with Gasteiger partial charge < -0.3 is 19.7 Å². The van der Waals surface area contributed by atoms with E-state index < -0.39 is 0 Å². The Morgan fingerprint density at radius 1 is 1.25 bits per heavy atom. The lowest BCUT2D eigenvalue weighted by Crippen LogP contribution is -2.33. The molecular formula is C22H27ClN2O3. The number of halogens is 1. The first kappa shape index (κ1) is 21.8. The van der Waals surface area contributed by atoms with Gasteiger partial charge in [-0.2, -0.15) is 0 Å². The minimum Gasteiger partial charge on any atom is -0.493 e. The third-order valence-electron chi connectivity index (χ3n) is 4.24. The Hall–Kier alpha value is -2.50. The van der Waals surface area contributed by atoms with Crippen LogP contribution in [0.15, 0.2) is 48.5 Å². The zero-order valence-electron chi connectivity index (χ0n) is 16.7. The van der Waals surface area contributed by atoms with E-state index in [9.17, 15) is 4.79 Å². The number of nitrogens with one attached hydrogen (secondary N) is 1. The number of hydrogen-bond donors (Lipinski definition) is 1. The summed E-state index contributed by atoms with van der Waals surface area (Å²) in [4.78, 5) is 14.4. The second-order valence-electron chi connectivity index (χ2n) is 6.44. The number of benzene rings is 2. The van der Waals surface area contributed by atoms with Gasteiger partial charge in [-0.1, -0.05) is 41.9 Å². The lowest BCUT2D eigenvalue weighted by molar-refractivity contribution is -0.116. The van der Waals surface area contributed by atoms with Crippen molar-refractivity contribution in [3.63, 3.8) is 0 Å². The van der Waals surface area contributed by atoms with Crippen molar-refractivity contribution < 1.29 is 14.3 Å². The van der Waals surface area contributed by atoms with Gasteiger partial charge in [0.1, 0.15) is 0 Å². The van der Waals surface area contributed by atoms with Gasteiger partial charge in [-0.3, -0.25) is 4.79 Å². The zero-order valence-corrected chi connectivity index (χ0v) is 17.5. The fourth-order valence-corrected chi connectivity index (χ4v) is 3.10. The van der Waals surface area contributed by atoms with Gasteiger partial charge in [-0.05, 0) is 50.4 Å². The highest BCUT2D eigenvalue weighted by Crippen LogP contribution is 2.36. The molecule has 0 aromatic heterocycles. The third kappa shape index (κ3) is 6.01. The molecule has 0 aliphatic rings. The molecule has 5 nitrogen and oxygen atoms in total. The first-order valence-electron chi connectivity index (χ1n) is 9.13. The molecule has 150 valence electrons. The van der Waals surface area contributed by atoms with Crippen molar-refractivity contribution in [1.82, 2.24) is 10.2 Å². The Morgan fingerprint density at radius 2 is 1.96 bits per heavy atom. The minimum atomic E-state index is -0.174. The number of amides is 1. The first-order chi connectivity index (χ1) is 13.5. The Bertz CT molecular complexity index is 807. The van der Waals surface area contributed by atoms with Crippen LogP contribution in [0.2, 0.25) is 5.02 Å². The van der Waals surface area contributed by atoms with Crippen LogP contribution in [0.5, 0.6) is 11.5 Å². The predicted octanol–water partition coefficient (Wildman–Crippen LogP) is 4.18. The Balaban J connectivity index is 2.04. The zero-order chi connectivity index (χ0) is 20.5. The summed E-state index contributed by atoms with van der Waals surface area (Å²) in [7, 11) is 5.54. The molecule has 2 rings (SSSR count). The van der Waals surface area contributed by atoms with Gasteiger partial charge in [0.05, 0.1) is 24.8 Å². The predicted molar refractivity (Wildman–Crippen MR) is 114 cm³/mol. The number of carbonyl (C=O) groups is 1. The highest BCUT2D eigenvalue weighted by molar-refractivity contribution is 6.32. The number of carbonyl (C=O) groups excluding carboxylic acids is 1. The third-order valence-corrected chi connectivity index (χ3v) is 4.53. The average molecular weight is 403 g/mol. The highest BCUT2D eigenvalue weighted by Gasteiger charge is 2.14. The quantitative estimate of drug-likeness (QED) is 0.639. The second kappa shape index (κ2) is 10.7. The van der Waals surface area contributed by atoms with Gasteiger partial charge in [-0.25, -0.2) is 0 Å². The fraction of sp³-hybridized carbons (Fsp3) is 0.318. The van der Waals surface area contributed by atoms with Crippen molar-refractivity contribution in [3.8, 4) is 11.5 Å². The molecule has 0 spiro atoms. The molecule has 2 aromatic carbocycles. The molecule has 0 heterocycles. The molecule has 1 atom stereocenters. The summed E-state index contributed by atoms with van der Waals surface area (Å²) < 4.78 is 10.8. The number of likely N-dealkylation sites (N-methyl/N-ethyl adjacent to an activating group) is 1. The van der Waals surface area contributed by atoms with E-state index in [4.69, 9.17) is 21.1 Å². The van der Waals surface area contributed by atoms with Gasteiger partial charge in [0, 0.05) is 12.6 Å². The second-order valence-corrected chi connectivity index (χ2v) is 6.84. The summed E-state index contributed by atoms with van der Waals surface area (Å²) in [6.07, 6.45) is 3.19. The number of nitrogens with zero attached hydrogens (tertiary/aromatic N) is 1. The topological polar surface area (TPSA) is 50.8 Å². The molecule has 0 saturated carbocycles.